The second-order valence-corrected chi connectivity index (χ2v) is 5.53. The number of hydrogen-bond donors (Lipinski definition) is 0. The predicted octanol–water partition coefficient (Wildman–Crippen LogP) is 3.94. The lowest BCUT2D eigenvalue weighted by Crippen LogP contribution is -2.21. The normalized spacial score (nSPS) is 13.2. The van der Waals surface area contributed by atoms with Crippen LogP contribution in [0.25, 0.3) is 0 Å². The summed E-state index contributed by atoms with van der Waals surface area (Å²) in [5, 5.41) is 21.3. The van der Waals surface area contributed by atoms with Crippen LogP contribution < -0.4 is 4.74 Å². The molecule has 8 nitrogen and oxygen atoms in total. The Labute approximate surface area is 137 Å². The molecule has 0 bridgehead atoms. The fourth-order valence-corrected chi connectivity index (χ4v) is 1.93. The molecule has 0 aromatic heterocycles. The first-order valence-corrected chi connectivity index (χ1v) is 7.48. The third kappa shape index (κ3) is 4.38. The van der Waals surface area contributed by atoms with E-state index in [1.54, 1.807) is 13.8 Å². The second-order valence-electron chi connectivity index (χ2n) is 5.00. The zero-order valence-corrected chi connectivity index (χ0v) is 13.7. The van der Waals surface area contributed by atoms with Crippen molar-refractivity contribution in [2.45, 2.75) is 44.9 Å². The zero-order valence-electron chi connectivity index (χ0n) is 12.9. The minimum absolute atomic E-state index is 0.238. The smallest absolute Gasteiger partial charge is 0.329 e. The highest BCUT2D eigenvalue weighted by atomic mass is 35.5. The van der Waals surface area contributed by atoms with E-state index in [9.17, 15) is 25.0 Å². The van der Waals surface area contributed by atoms with Gasteiger partial charge in [-0.15, -0.1) is 11.6 Å². The summed E-state index contributed by atoms with van der Waals surface area (Å²) in [5.74, 6) is -1.37. The highest BCUT2D eigenvalue weighted by Crippen LogP contribution is 2.40. The highest BCUT2D eigenvalue weighted by Gasteiger charge is 2.30. The number of nitrogens with zero attached hydrogens (tertiary/aromatic N) is 2. The van der Waals surface area contributed by atoms with Gasteiger partial charge in [0.2, 0.25) is 5.75 Å². The van der Waals surface area contributed by atoms with Crippen molar-refractivity contribution in [2.24, 2.45) is 0 Å². The van der Waals surface area contributed by atoms with E-state index < -0.39 is 32.6 Å². The fourth-order valence-electron chi connectivity index (χ4n) is 1.89. The number of hydrogen-bond acceptors (Lipinski definition) is 6. The summed E-state index contributed by atoms with van der Waals surface area (Å²) in [5.41, 5.74) is -0.811. The SMILES string of the molecule is CC[C@@H](Cl)C(=O)Oc1c([C@@H](C)CC)cc([N+](=O)[O-])cc1[N+](=O)[O-]. The minimum atomic E-state index is -0.949. The number of carbonyl (C=O) groups excluding carboxylic acids is 1. The fraction of sp³-hybridized carbons (Fsp3) is 0.500. The molecule has 0 radical (unpaired) electrons. The first-order valence-electron chi connectivity index (χ1n) is 7.05. The third-order valence-corrected chi connectivity index (χ3v) is 3.94. The van der Waals surface area contributed by atoms with Crippen LogP contribution in [-0.2, 0) is 4.79 Å². The quantitative estimate of drug-likeness (QED) is 0.243. The number of alkyl halides is 1. The molecule has 23 heavy (non-hydrogen) atoms. The summed E-state index contributed by atoms with van der Waals surface area (Å²) in [4.78, 5) is 32.6. The van der Waals surface area contributed by atoms with Crippen molar-refractivity contribution >= 4 is 28.9 Å². The van der Waals surface area contributed by atoms with Gasteiger partial charge in [-0.2, -0.15) is 0 Å². The lowest BCUT2D eigenvalue weighted by atomic mass is 9.96. The van der Waals surface area contributed by atoms with Gasteiger partial charge < -0.3 is 4.74 Å². The van der Waals surface area contributed by atoms with Crippen molar-refractivity contribution in [3.63, 3.8) is 0 Å². The van der Waals surface area contributed by atoms with Gasteiger partial charge in [-0.1, -0.05) is 20.8 Å². The largest absolute Gasteiger partial charge is 0.418 e. The molecule has 0 unspecified atom stereocenters. The molecule has 0 saturated carbocycles. The Morgan fingerprint density at radius 3 is 2.26 bits per heavy atom. The second kappa shape index (κ2) is 7.87. The molecule has 126 valence electrons. The van der Waals surface area contributed by atoms with Crippen molar-refractivity contribution in [1.82, 2.24) is 0 Å². The number of rotatable bonds is 7. The average molecular weight is 345 g/mol. The molecule has 0 fully saturated rings. The van der Waals surface area contributed by atoms with Crippen LogP contribution in [0.2, 0.25) is 0 Å². The van der Waals surface area contributed by atoms with E-state index in [0.717, 1.165) is 6.07 Å². The number of nitro groups is 2. The molecule has 0 amide bonds. The van der Waals surface area contributed by atoms with E-state index in [1.807, 2.05) is 6.92 Å². The predicted molar refractivity (Wildman–Crippen MR) is 84.0 cm³/mol. The number of nitro benzene ring substituents is 2. The molecule has 0 N–H and O–H groups in total. The van der Waals surface area contributed by atoms with E-state index in [1.165, 1.54) is 6.07 Å². The summed E-state index contributed by atoms with van der Waals surface area (Å²) in [6.07, 6.45) is 0.848. The summed E-state index contributed by atoms with van der Waals surface area (Å²) in [6, 6.07) is 1.97. The molecule has 1 rings (SSSR count). The van der Waals surface area contributed by atoms with E-state index in [4.69, 9.17) is 16.3 Å². The van der Waals surface area contributed by atoms with Gasteiger partial charge in [0, 0.05) is 11.6 Å². The number of carbonyl (C=O) groups is 1. The summed E-state index contributed by atoms with van der Waals surface area (Å²) < 4.78 is 5.11. The lowest BCUT2D eigenvalue weighted by Gasteiger charge is -2.15. The van der Waals surface area contributed by atoms with E-state index >= 15 is 0 Å². The Hall–Kier alpha value is -2.22. The molecule has 0 aliphatic carbocycles. The van der Waals surface area contributed by atoms with E-state index in [0.29, 0.717) is 12.8 Å². The maximum Gasteiger partial charge on any atom is 0.329 e. The molecular weight excluding hydrogens is 328 g/mol. The van der Waals surface area contributed by atoms with Gasteiger partial charge in [-0.3, -0.25) is 25.0 Å². The Kier molecular flexibility index (Phi) is 6.44. The van der Waals surface area contributed by atoms with Crippen molar-refractivity contribution in [3.8, 4) is 5.75 Å². The Bertz CT molecular complexity index is 634. The molecule has 2 atom stereocenters. The van der Waals surface area contributed by atoms with Gasteiger partial charge in [0.15, 0.2) is 0 Å². The van der Waals surface area contributed by atoms with Crippen molar-refractivity contribution in [2.75, 3.05) is 0 Å². The van der Waals surface area contributed by atoms with Crippen molar-refractivity contribution in [3.05, 3.63) is 37.9 Å². The number of ether oxygens (including phenoxy) is 1. The number of esters is 1. The molecule has 0 aliphatic rings. The van der Waals surface area contributed by atoms with Gasteiger partial charge in [-0.05, 0) is 18.8 Å². The molecule has 0 aliphatic heterocycles. The van der Waals surface area contributed by atoms with E-state index in [-0.39, 0.29) is 17.2 Å². The first kappa shape index (κ1) is 18.8. The number of benzene rings is 1. The van der Waals surface area contributed by atoms with E-state index in [2.05, 4.69) is 0 Å². The van der Waals surface area contributed by atoms with Gasteiger partial charge in [0.1, 0.15) is 5.38 Å². The van der Waals surface area contributed by atoms with Crippen LogP contribution in [0.4, 0.5) is 11.4 Å². The van der Waals surface area contributed by atoms with Crippen LogP contribution >= 0.6 is 11.6 Å². The first-order chi connectivity index (χ1) is 10.7. The van der Waals surface area contributed by atoms with Crippen LogP contribution in [-0.4, -0.2) is 21.2 Å². The Morgan fingerprint density at radius 2 is 1.83 bits per heavy atom. The number of halogens is 1. The maximum atomic E-state index is 11.9. The molecule has 0 saturated heterocycles. The highest BCUT2D eigenvalue weighted by molar-refractivity contribution is 6.30. The minimum Gasteiger partial charge on any atom is -0.418 e. The van der Waals surface area contributed by atoms with Gasteiger partial charge >= 0.3 is 11.7 Å². The number of non-ortho nitro benzene ring substituents is 1. The van der Waals surface area contributed by atoms with Crippen LogP contribution in [0.3, 0.4) is 0 Å². The summed E-state index contributed by atoms with van der Waals surface area (Å²) >= 11 is 5.79. The topological polar surface area (TPSA) is 113 Å². The standard InChI is InChI=1S/C14H17ClN2O6/c1-4-8(3)10-6-9(16(19)20)7-12(17(21)22)13(10)23-14(18)11(15)5-2/h6-8,11H,4-5H2,1-3H3/t8-,11+/m0/s1. The van der Waals surface area contributed by atoms with Crippen LogP contribution in [0.1, 0.15) is 45.1 Å². The molecule has 0 spiro atoms. The zero-order chi connectivity index (χ0) is 17.7. The van der Waals surface area contributed by atoms with Gasteiger partial charge in [0.05, 0.1) is 15.9 Å². The Balaban J connectivity index is 3.52. The maximum absolute atomic E-state index is 11.9. The van der Waals surface area contributed by atoms with Crippen LogP contribution in [0, 0.1) is 20.2 Å². The van der Waals surface area contributed by atoms with Crippen LogP contribution in [0.5, 0.6) is 5.75 Å². The third-order valence-electron chi connectivity index (χ3n) is 3.45. The van der Waals surface area contributed by atoms with Crippen molar-refractivity contribution < 1.29 is 19.4 Å². The van der Waals surface area contributed by atoms with Crippen LogP contribution in [0.15, 0.2) is 12.1 Å². The van der Waals surface area contributed by atoms with Gasteiger partial charge in [-0.25, -0.2) is 0 Å². The molecule has 1 aromatic carbocycles. The van der Waals surface area contributed by atoms with Gasteiger partial charge in [0.25, 0.3) is 5.69 Å². The Morgan fingerprint density at radius 1 is 1.22 bits per heavy atom. The monoisotopic (exact) mass is 344 g/mol. The molecular formula is C14H17ClN2O6. The summed E-state index contributed by atoms with van der Waals surface area (Å²) in [6.45, 7) is 5.22. The summed E-state index contributed by atoms with van der Waals surface area (Å²) in [7, 11) is 0. The van der Waals surface area contributed by atoms with Crippen molar-refractivity contribution in [1.29, 1.82) is 0 Å². The molecule has 9 heteroatoms. The average Bonchev–Trinajstić information content (AvgIpc) is 2.52. The molecule has 1 aromatic rings. The lowest BCUT2D eigenvalue weighted by molar-refractivity contribution is -0.394. The molecule has 0 heterocycles.